The van der Waals surface area contributed by atoms with E-state index in [0.717, 1.165) is 27.7 Å². The molecule has 0 fully saturated rings. The number of hydrogen-bond acceptors (Lipinski definition) is 2. The average molecular weight is 344 g/mol. The maximum absolute atomic E-state index is 13.4. The molecule has 0 saturated carbocycles. The highest BCUT2D eigenvalue weighted by Crippen LogP contribution is 2.31. The van der Waals surface area contributed by atoms with Crippen LogP contribution >= 0.6 is 0 Å². The molecule has 0 amide bonds. The van der Waals surface area contributed by atoms with Crippen LogP contribution in [0.5, 0.6) is 0 Å². The van der Waals surface area contributed by atoms with Gasteiger partial charge in [-0.15, -0.1) is 0 Å². The molecule has 1 aliphatic rings. The molecule has 4 nitrogen and oxygen atoms in total. The fourth-order valence-corrected chi connectivity index (χ4v) is 4.99. The molecule has 1 aromatic heterocycles. The summed E-state index contributed by atoms with van der Waals surface area (Å²) < 4.78 is 40.9. The molecule has 6 heteroatoms. The van der Waals surface area contributed by atoms with Crippen molar-refractivity contribution in [3.8, 4) is 0 Å². The predicted octanol–water partition coefficient (Wildman–Crippen LogP) is 3.36. The van der Waals surface area contributed by atoms with E-state index in [0.29, 0.717) is 24.4 Å². The molecule has 2 aromatic carbocycles. The Hall–Kier alpha value is -2.18. The smallest absolute Gasteiger partial charge is 0.243 e. The molecule has 2 heterocycles. The lowest BCUT2D eigenvalue weighted by Crippen LogP contribution is -2.36. The SMILES string of the molecule is Cc1ccccc1S(=O)(=O)N1CCc2[nH]c3cc(F)ccc3c2C1. The zero-order valence-electron chi connectivity index (χ0n) is 13.2. The monoisotopic (exact) mass is 344 g/mol. The van der Waals surface area contributed by atoms with Crippen molar-refractivity contribution in [1.29, 1.82) is 0 Å². The van der Waals surface area contributed by atoms with E-state index in [1.807, 2.05) is 6.07 Å². The summed E-state index contributed by atoms with van der Waals surface area (Å²) in [6.45, 7) is 2.52. The van der Waals surface area contributed by atoms with Gasteiger partial charge in [-0.3, -0.25) is 0 Å². The van der Waals surface area contributed by atoms with Crippen molar-refractivity contribution in [1.82, 2.24) is 9.29 Å². The van der Waals surface area contributed by atoms with E-state index in [1.165, 1.54) is 16.4 Å². The summed E-state index contributed by atoms with van der Waals surface area (Å²) in [5, 5.41) is 0.885. The van der Waals surface area contributed by atoms with Crippen molar-refractivity contribution in [2.45, 2.75) is 24.8 Å². The zero-order valence-corrected chi connectivity index (χ0v) is 14.0. The third-order valence-electron chi connectivity index (χ3n) is 4.61. The molecule has 0 radical (unpaired) electrons. The van der Waals surface area contributed by atoms with Crippen molar-refractivity contribution < 1.29 is 12.8 Å². The number of H-pyrrole nitrogens is 1. The molecule has 0 unspecified atom stereocenters. The maximum atomic E-state index is 13.4. The summed E-state index contributed by atoms with van der Waals surface area (Å²) in [5.74, 6) is -0.300. The van der Waals surface area contributed by atoms with Gasteiger partial charge >= 0.3 is 0 Å². The Bertz CT molecular complexity index is 1040. The van der Waals surface area contributed by atoms with Gasteiger partial charge in [0.25, 0.3) is 0 Å². The Morgan fingerprint density at radius 3 is 2.75 bits per heavy atom. The number of benzene rings is 2. The summed E-state index contributed by atoms with van der Waals surface area (Å²) >= 11 is 0. The summed E-state index contributed by atoms with van der Waals surface area (Å²) in [4.78, 5) is 3.57. The molecule has 3 aromatic rings. The minimum absolute atomic E-state index is 0.300. The van der Waals surface area contributed by atoms with Crippen molar-refractivity contribution in [3.63, 3.8) is 0 Å². The highest BCUT2D eigenvalue weighted by atomic mass is 32.2. The third-order valence-corrected chi connectivity index (χ3v) is 6.62. The first-order valence-electron chi connectivity index (χ1n) is 7.81. The molecule has 1 aliphatic heterocycles. The number of aromatic amines is 1. The van der Waals surface area contributed by atoms with Gasteiger partial charge in [-0.05, 0) is 42.3 Å². The highest BCUT2D eigenvalue weighted by molar-refractivity contribution is 7.89. The third kappa shape index (κ3) is 2.34. The van der Waals surface area contributed by atoms with Crippen molar-refractivity contribution in [3.05, 3.63) is 65.1 Å². The lowest BCUT2D eigenvalue weighted by molar-refractivity contribution is 0.391. The van der Waals surface area contributed by atoms with Gasteiger partial charge < -0.3 is 4.98 Å². The summed E-state index contributed by atoms with van der Waals surface area (Å²) in [5.41, 5.74) is 3.39. The average Bonchev–Trinajstić information content (AvgIpc) is 2.91. The van der Waals surface area contributed by atoms with Gasteiger partial charge in [-0.2, -0.15) is 4.31 Å². The molecule has 0 atom stereocenters. The lowest BCUT2D eigenvalue weighted by Gasteiger charge is -2.27. The van der Waals surface area contributed by atoms with Crippen LogP contribution in [0.1, 0.15) is 16.8 Å². The number of halogens is 1. The van der Waals surface area contributed by atoms with Crippen LogP contribution in [0.25, 0.3) is 10.9 Å². The van der Waals surface area contributed by atoms with Gasteiger partial charge in [0.1, 0.15) is 5.82 Å². The Balaban J connectivity index is 1.76. The molecule has 0 bridgehead atoms. The second-order valence-corrected chi connectivity index (χ2v) is 8.03. The summed E-state index contributed by atoms with van der Waals surface area (Å²) in [6.07, 6.45) is 0.594. The maximum Gasteiger partial charge on any atom is 0.243 e. The van der Waals surface area contributed by atoms with Crippen molar-refractivity contribution >= 4 is 20.9 Å². The highest BCUT2D eigenvalue weighted by Gasteiger charge is 2.31. The van der Waals surface area contributed by atoms with E-state index in [1.54, 1.807) is 31.2 Å². The van der Waals surface area contributed by atoms with Crippen LogP contribution in [0.2, 0.25) is 0 Å². The topological polar surface area (TPSA) is 53.2 Å². The van der Waals surface area contributed by atoms with E-state index in [-0.39, 0.29) is 5.82 Å². The first-order chi connectivity index (χ1) is 11.5. The first-order valence-corrected chi connectivity index (χ1v) is 9.25. The second-order valence-electron chi connectivity index (χ2n) is 6.13. The van der Waals surface area contributed by atoms with E-state index in [9.17, 15) is 12.8 Å². The molecular weight excluding hydrogens is 327 g/mol. The Morgan fingerprint density at radius 1 is 1.17 bits per heavy atom. The Labute approximate surface area is 140 Å². The van der Waals surface area contributed by atoms with E-state index in [2.05, 4.69) is 4.98 Å². The molecular formula is C18H17FN2O2S. The van der Waals surface area contributed by atoms with Gasteiger partial charge in [0.05, 0.1) is 4.90 Å². The van der Waals surface area contributed by atoms with Crippen molar-refractivity contribution in [2.24, 2.45) is 0 Å². The normalized spacial score (nSPS) is 15.6. The number of fused-ring (bicyclic) bond motifs is 3. The number of nitrogens with one attached hydrogen (secondary N) is 1. The Kier molecular flexibility index (Phi) is 3.47. The number of aryl methyl sites for hydroxylation is 1. The minimum atomic E-state index is -3.54. The standard InChI is InChI=1S/C18H17FN2O2S/c1-12-4-2-3-5-18(12)24(22,23)21-9-8-16-15(11-21)14-7-6-13(19)10-17(14)20-16/h2-7,10,20H,8-9,11H2,1H3. The second kappa shape index (κ2) is 5.43. The fraction of sp³-hybridized carbons (Fsp3) is 0.222. The summed E-state index contributed by atoms with van der Waals surface area (Å²) in [6, 6.07) is 11.6. The zero-order chi connectivity index (χ0) is 16.9. The minimum Gasteiger partial charge on any atom is -0.358 e. The number of rotatable bonds is 2. The molecule has 0 aliphatic carbocycles. The van der Waals surface area contributed by atoms with Gasteiger partial charge in [0.2, 0.25) is 10.0 Å². The molecule has 1 N–H and O–H groups in total. The van der Waals surface area contributed by atoms with Crippen LogP contribution in [0.15, 0.2) is 47.4 Å². The quantitative estimate of drug-likeness (QED) is 0.775. The lowest BCUT2D eigenvalue weighted by atomic mass is 10.1. The van der Waals surface area contributed by atoms with Crippen LogP contribution in [0, 0.1) is 12.7 Å². The Morgan fingerprint density at radius 2 is 1.96 bits per heavy atom. The molecule has 0 saturated heterocycles. The van der Waals surface area contributed by atoms with Crippen LogP contribution in [0.4, 0.5) is 4.39 Å². The fourth-order valence-electron chi connectivity index (χ4n) is 3.36. The first kappa shape index (κ1) is 15.4. The largest absolute Gasteiger partial charge is 0.358 e. The van der Waals surface area contributed by atoms with Gasteiger partial charge in [-0.1, -0.05) is 18.2 Å². The van der Waals surface area contributed by atoms with E-state index < -0.39 is 10.0 Å². The van der Waals surface area contributed by atoms with Crippen LogP contribution in [-0.4, -0.2) is 24.3 Å². The van der Waals surface area contributed by atoms with Crippen LogP contribution in [-0.2, 0) is 23.0 Å². The number of hydrogen-bond donors (Lipinski definition) is 1. The van der Waals surface area contributed by atoms with Crippen LogP contribution < -0.4 is 0 Å². The number of nitrogens with zero attached hydrogens (tertiary/aromatic N) is 1. The summed E-state index contributed by atoms with van der Waals surface area (Å²) in [7, 11) is -3.54. The van der Waals surface area contributed by atoms with E-state index in [4.69, 9.17) is 0 Å². The number of aromatic nitrogens is 1. The van der Waals surface area contributed by atoms with Gasteiger partial charge in [-0.25, -0.2) is 12.8 Å². The van der Waals surface area contributed by atoms with E-state index >= 15 is 0 Å². The molecule has 4 rings (SSSR count). The van der Waals surface area contributed by atoms with Gasteiger partial charge in [0, 0.05) is 36.1 Å². The molecule has 0 spiro atoms. The molecule has 124 valence electrons. The molecule has 24 heavy (non-hydrogen) atoms. The van der Waals surface area contributed by atoms with Crippen molar-refractivity contribution in [2.75, 3.05) is 6.54 Å². The van der Waals surface area contributed by atoms with Crippen LogP contribution in [0.3, 0.4) is 0 Å². The predicted molar refractivity (Wildman–Crippen MR) is 90.7 cm³/mol. The van der Waals surface area contributed by atoms with Gasteiger partial charge in [0.15, 0.2) is 0 Å². The number of sulfonamides is 1.